The number of unbranched alkanes of at least 4 members (excludes halogenated alkanes) is 6. The summed E-state index contributed by atoms with van der Waals surface area (Å²) in [6.45, 7) is 5.30. The Bertz CT molecular complexity index is 94.7. The fraction of sp³-hybridized carbons (Fsp3) is 1.00. The van der Waals surface area contributed by atoms with Gasteiger partial charge >= 0.3 is 0 Å². The highest BCUT2D eigenvalue weighted by molar-refractivity contribution is 4.47. The second kappa shape index (κ2) is 13.9. The van der Waals surface area contributed by atoms with E-state index in [9.17, 15) is 0 Å². The summed E-state index contributed by atoms with van der Waals surface area (Å²) in [4.78, 5) is 0. The Hall–Kier alpha value is -0.0800. The minimum absolute atomic E-state index is 0.957. The van der Waals surface area contributed by atoms with E-state index in [1.165, 1.54) is 57.9 Å². The van der Waals surface area contributed by atoms with Gasteiger partial charge < -0.3 is 10.1 Å². The highest BCUT2D eigenvalue weighted by Gasteiger charge is 1.91. The molecule has 0 aliphatic carbocycles. The molecule has 0 saturated carbocycles. The third kappa shape index (κ3) is 13.9. The highest BCUT2D eigenvalue weighted by atomic mass is 16.5. The molecule has 0 aromatic carbocycles. The van der Waals surface area contributed by atoms with Crippen LogP contribution in [-0.2, 0) is 4.74 Å². The molecule has 0 radical (unpaired) electrons. The lowest BCUT2D eigenvalue weighted by Gasteiger charge is -2.03. The van der Waals surface area contributed by atoms with Crippen LogP contribution in [0.3, 0.4) is 0 Å². The molecule has 0 aliphatic heterocycles. The maximum Gasteiger partial charge on any atom is 0.0466 e. The number of rotatable bonds is 12. The van der Waals surface area contributed by atoms with Crippen molar-refractivity contribution in [2.75, 3.05) is 26.8 Å². The van der Waals surface area contributed by atoms with Crippen LogP contribution >= 0.6 is 0 Å². The predicted molar refractivity (Wildman–Crippen MR) is 67.4 cm³/mol. The Morgan fingerprint density at radius 3 is 2.07 bits per heavy atom. The maximum absolute atomic E-state index is 5.51. The smallest absolute Gasteiger partial charge is 0.0466 e. The fourth-order valence-electron chi connectivity index (χ4n) is 1.56. The topological polar surface area (TPSA) is 21.3 Å². The van der Waals surface area contributed by atoms with Crippen molar-refractivity contribution in [1.29, 1.82) is 0 Å². The standard InChI is InChI=1S/C13H29NO/c1-3-4-12-15-13-10-8-6-5-7-9-11-14-2/h14H,3-13H2,1-2H3. The normalized spacial score (nSPS) is 10.8. The minimum atomic E-state index is 0.957. The summed E-state index contributed by atoms with van der Waals surface area (Å²) in [6.07, 6.45) is 10.5. The SMILES string of the molecule is CCCCOCCCCCCCCNC. The zero-order valence-electron chi connectivity index (χ0n) is 10.7. The van der Waals surface area contributed by atoms with Gasteiger partial charge in [-0.15, -0.1) is 0 Å². The molecule has 2 nitrogen and oxygen atoms in total. The third-order valence-electron chi connectivity index (χ3n) is 2.61. The summed E-state index contributed by atoms with van der Waals surface area (Å²) < 4.78 is 5.51. The average Bonchev–Trinajstić information content (AvgIpc) is 2.26. The fourth-order valence-corrected chi connectivity index (χ4v) is 1.56. The number of hydrogen-bond donors (Lipinski definition) is 1. The molecular formula is C13H29NO. The van der Waals surface area contributed by atoms with Crippen molar-refractivity contribution in [2.24, 2.45) is 0 Å². The van der Waals surface area contributed by atoms with Crippen molar-refractivity contribution in [3.8, 4) is 0 Å². The van der Waals surface area contributed by atoms with Crippen LogP contribution in [0.2, 0.25) is 0 Å². The van der Waals surface area contributed by atoms with Crippen LogP contribution in [0.1, 0.15) is 58.3 Å². The molecular weight excluding hydrogens is 186 g/mol. The van der Waals surface area contributed by atoms with E-state index in [0.29, 0.717) is 0 Å². The van der Waals surface area contributed by atoms with E-state index in [2.05, 4.69) is 12.2 Å². The van der Waals surface area contributed by atoms with Gasteiger partial charge in [-0.05, 0) is 32.9 Å². The lowest BCUT2D eigenvalue weighted by molar-refractivity contribution is 0.127. The van der Waals surface area contributed by atoms with Crippen LogP contribution in [0.4, 0.5) is 0 Å². The number of nitrogens with one attached hydrogen (secondary N) is 1. The van der Waals surface area contributed by atoms with Crippen molar-refractivity contribution >= 4 is 0 Å². The summed E-state index contributed by atoms with van der Waals surface area (Å²) in [5.74, 6) is 0. The van der Waals surface area contributed by atoms with Gasteiger partial charge in [0.05, 0.1) is 0 Å². The van der Waals surface area contributed by atoms with E-state index >= 15 is 0 Å². The van der Waals surface area contributed by atoms with E-state index < -0.39 is 0 Å². The van der Waals surface area contributed by atoms with Gasteiger partial charge in [-0.25, -0.2) is 0 Å². The van der Waals surface area contributed by atoms with Gasteiger partial charge in [0, 0.05) is 13.2 Å². The first-order chi connectivity index (χ1) is 7.41. The molecule has 92 valence electrons. The van der Waals surface area contributed by atoms with Gasteiger partial charge in [0.2, 0.25) is 0 Å². The summed E-state index contributed by atoms with van der Waals surface area (Å²) in [5.41, 5.74) is 0. The first-order valence-electron chi connectivity index (χ1n) is 6.64. The van der Waals surface area contributed by atoms with Crippen molar-refractivity contribution in [2.45, 2.75) is 58.3 Å². The monoisotopic (exact) mass is 215 g/mol. The van der Waals surface area contributed by atoms with Crippen LogP contribution in [0, 0.1) is 0 Å². The first kappa shape index (κ1) is 14.9. The molecule has 0 atom stereocenters. The molecule has 0 fully saturated rings. The van der Waals surface area contributed by atoms with Gasteiger partial charge in [0.25, 0.3) is 0 Å². The quantitative estimate of drug-likeness (QED) is 0.504. The van der Waals surface area contributed by atoms with Gasteiger partial charge in [-0.2, -0.15) is 0 Å². The van der Waals surface area contributed by atoms with Crippen molar-refractivity contribution in [1.82, 2.24) is 5.32 Å². The lowest BCUT2D eigenvalue weighted by atomic mass is 10.1. The molecule has 0 aliphatic rings. The van der Waals surface area contributed by atoms with E-state index in [-0.39, 0.29) is 0 Å². The highest BCUT2D eigenvalue weighted by Crippen LogP contribution is 2.05. The van der Waals surface area contributed by atoms with Crippen LogP contribution in [0.5, 0.6) is 0 Å². The van der Waals surface area contributed by atoms with E-state index in [1.807, 2.05) is 7.05 Å². The molecule has 1 N–H and O–H groups in total. The second-order valence-electron chi connectivity index (χ2n) is 4.19. The average molecular weight is 215 g/mol. The first-order valence-corrected chi connectivity index (χ1v) is 6.64. The minimum Gasteiger partial charge on any atom is -0.381 e. The molecule has 0 spiro atoms. The summed E-state index contributed by atoms with van der Waals surface area (Å²) in [7, 11) is 2.02. The Balaban J connectivity index is 2.81. The molecule has 0 heterocycles. The van der Waals surface area contributed by atoms with Crippen LogP contribution in [-0.4, -0.2) is 26.8 Å². The Kier molecular flexibility index (Phi) is 13.8. The molecule has 15 heavy (non-hydrogen) atoms. The maximum atomic E-state index is 5.51. The third-order valence-corrected chi connectivity index (χ3v) is 2.61. The largest absolute Gasteiger partial charge is 0.381 e. The summed E-state index contributed by atoms with van der Waals surface area (Å²) >= 11 is 0. The van der Waals surface area contributed by atoms with Crippen LogP contribution in [0.15, 0.2) is 0 Å². The summed E-state index contributed by atoms with van der Waals surface area (Å²) in [6, 6.07) is 0. The zero-order valence-corrected chi connectivity index (χ0v) is 10.7. The van der Waals surface area contributed by atoms with Gasteiger partial charge in [0.15, 0.2) is 0 Å². The number of hydrogen-bond acceptors (Lipinski definition) is 2. The Labute approximate surface area is 95.8 Å². The van der Waals surface area contributed by atoms with Gasteiger partial charge in [-0.3, -0.25) is 0 Å². The van der Waals surface area contributed by atoms with E-state index in [4.69, 9.17) is 4.74 Å². The Morgan fingerprint density at radius 1 is 0.800 bits per heavy atom. The van der Waals surface area contributed by atoms with Crippen molar-refractivity contribution < 1.29 is 4.74 Å². The molecule has 0 amide bonds. The van der Waals surface area contributed by atoms with E-state index in [1.54, 1.807) is 0 Å². The van der Waals surface area contributed by atoms with Crippen LogP contribution in [0.25, 0.3) is 0 Å². The molecule has 0 saturated heterocycles. The van der Waals surface area contributed by atoms with Crippen molar-refractivity contribution in [3.05, 3.63) is 0 Å². The molecule has 0 unspecified atom stereocenters. The predicted octanol–water partition coefficient (Wildman–Crippen LogP) is 3.36. The lowest BCUT2D eigenvalue weighted by Crippen LogP contribution is -2.06. The zero-order chi connectivity index (χ0) is 11.2. The Morgan fingerprint density at radius 2 is 1.40 bits per heavy atom. The number of ether oxygens (including phenoxy) is 1. The molecule has 2 heteroatoms. The second-order valence-corrected chi connectivity index (χ2v) is 4.19. The van der Waals surface area contributed by atoms with Crippen LogP contribution < -0.4 is 5.32 Å². The van der Waals surface area contributed by atoms with Gasteiger partial charge in [0.1, 0.15) is 0 Å². The molecule has 0 aromatic rings. The summed E-state index contributed by atoms with van der Waals surface area (Å²) in [5, 5.41) is 3.18. The van der Waals surface area contributed by atoms with E-state index in [0.717, 1.165) is 13.2 Å². The molecule has 0 rings (SSSR count). The van der Waals surface area contributed by atoms with Crippen molar-refractivity contribution in [3.63, 3.8) is 0 Å². The molecule has 0 aromatic heterocycles. The molecule has 0 bridgehead atoms. The van der Waals surface area contributed by atoms with Gasteiger partial charge in [-0.1, -0.05) is 39.0 Å².